The summed E-state index contributed by atoms with van der Waals surface area (Å²) in [6, 6.07) is -0.164. The number of halogens is 4. The van der Waals surface area contributed by atoms with Gasteiger partial charge in [0.1, 0.15) is 0 Å². The number of nitrogens with one attached hydrogen (secondary N) is 1. The molecule has 2 rings (SSSR count). The first kappa shape index (κ1) is 19.5. The Labute approximate surface area is 134 Å². The van der Waals surface area contributed by atoms with Gasteiger partial charge < -0.3 is 15.8 Å². The molecule has 1 aliphatic carbocycles. The van der Waals surface area contributed by atoms with E-state index in [0.29, 0.717) is 38.9 Å². The quantitative estimate of drug-likeness (QED) is 0.826. The Morgan fingerprint density at radius 1 is 1.18 bits per heavy atom. The van der Waals surface area contributed by atoms with E-state index >= 15 is 0 Å². The molecule has 0 aromatic rings. The molecule has 1 amide bonds. The van der Waals surface area contributed by atoms with Crippen molar-refractivity contribution in [2.75, 3.05) is 19.8 Å². The van der Waals surface area contributed by atoms with Crippen molar-refractivity contribution in [3.05, 3.63) is 0 Å². The van der Waals surface area contributed by atoms with Crippen molar-refractivity contribution in [2.24, 2.45) is 17.1 Å². The van der Waals surface area contributed by atoms with Gasteiger partial charge in [0.15, 0.2) is 0 Å². The third-order valence-electron chi connectivity index (χ3n) is 4.85. The lowest BCUT2D eigenvalue weighted by atomic mass is 9.78. The molecule has 2 aliphatic rings. The standard InChI is InChI=1S/C14H23F3N2O2.ClH/c15-14(16,17)10-1-3-11(4-2-10)19-12(20)13(9-18)5-7-21-8-6-13;/h10-11H,1-9,18H2,(H,19,20);1H. The van der Waals surface area contributed by atoms with Crippen LogP contribution in [0.5, 0.6) is 0 Å². The Kier molecular flexibility index (Phi) is 6.95. The van der Waals surface area contributed by atoms with Gasteiger partial charge in [-0.25, -0.2) is 0 Å². The lowest BCUT2D eigenvalue weighted by Crippen LogP contribution is -2.52. The summed E-state index contributed by atoms with van der Waals surface area (Å²) >= 11 is 0. The lowest BCUT2D eigenvalue weighted by Gasteiger charge is -2.37. The fraction of sp³-hybridized carbons (Fsp3) is 0.929. The largest absolute Gasteiger partial charge is 0.391 e. The van der Waals surface area contributed by atoms with Crippen LogP contribution in [0.2, 0.25) is 0 Å². The average Bonchev–Trinajstić information content (AvgIpc) is 2.47. The molecule has 0 atom stereocenters. The summed E-state index contributed by atoms with van der Waals surface area (Å²) in [5, 5.41) is 2.91. The van der Waals surface area contributed by atoms with Gasteiger partial charge >= 0.3 is 6.18 Å². The van der Waals surface area contributed by atoms with Gasteiger partial charge in [-0.05, 0) is 38.5 Å². The van der Waals surface area contributed by atoms with E-state index in [1.54, 1.807) is 0 Å². The van der Waals surface area contributed by atoms with E-state index in [1.165, 1.54) is 0 Å². The number of hydrogen-bond acceptors (Lipinski definition) is 3. The van der Waals surface area contributed by atoms with Gasteiger partial charge in [-0.3, -0.25) is 4.79 Å². The second-order valence-electron chi connectivity index (χ2n) is 6.16. The second-order valence-corrected chi connectivity index (χ2v) is 6.16. The summed E-state index contributed by atoms with van der Waals surface area (Å²) in [6.07, 6.45) is -2.02. The Morgan fingerprint density at radius 2 is 1.73 bits per heavy atom. The topological polar surface area (TPSA) is 64.4 Å². The number of rotatable bonds is 3. The molecular formula is C14H24ClF3N2O2. The smallest absolute Gasteiger partial charge is 0.381 e. The lowest BCUT2D eigenvalue weighted by molar-refractivity contribution is -0.182. The molecule has 0 unspecified atom stereocenters. The maximum atomic E-state index is 12.6. The maximum Gasteiger partial charge on any atom is 0.391 e. The predicted octanol–water partition coefficient (Wildman–Crippen LogP) is 2.40. The van der Waals surface area contributed by atoms with E-state index < -0.39 is 17.5 Å². The third kappa shape index (κ3) is 4.49. The number of carbonyl (C=O) groups excluding carboxylic acids is 1. The molecule has 4 nitrogen and oxygen atoms in total. The van der Waals surface area contributed by atoms with Gasteiger partial charge in [0.25, 0.3) is 0 Å². The molecule has 8 heteroatoms. The van der Waals surface area contributed by atoms with E-state index in [4.69, 9.17) is 10.5 Å². The van der Waals surface area contributed by atoms with Crippen molar-refractivity contribution >= 4 is 18.3 Å². The van der Waals surface area contributed by atoms with Crippen LogP contribution < -0.4 is 11.1 Å². The Morgan fingerprint density at radius 3 is 2.18 bits per heavy atom. The van der Waals surface area contributed by atoms with Gasteiger partial charge in [0, 0.05) is 25.8 Å². The Hall–Kier alpha value is -0.530. The van der Waals surface area contributed by atoms with Gasteiger partial charge in [0.05, 0.1) is 11.3 Å². The minimum atomic E-state index is -4.12. The summed E-state index contributed by atoms with van der Waals surface area (Å²) in [7, 11) is 0. The summed E-state index contributed by atoms with van der Waals surface area (Å²) in [6.45, 7) is 1.26. The summed E-state index contributed by atoms with van der Waals surface area (Å²) < 4.78 is 43.1. The van der Waals surface area contributed by atoms with Crippen LogP contribution >= 0.6 is 12.4 Å². The van der Waals surface area contributed by atoms with E-state index in [0.717, 1.165) is 0 Å². The fourth-order valence-corrected chi connectivity index (χ4v) is 3.19. The molecule has 1 aliphatic heterocycles. The van der Waals surface area contributed by atoms with E-state index in [1.807, 2.05) is 0 Å². The fourth-order valence-electron chi connectivity index (χ4n) is 3.19. The first-order chi connectivity index (χ1) is 9.87. The average molecular weight is 345 g/mol. The minimum Gasteiger partial charge on any atom is -0.381 e. The molecule has 0 aromatic carbocycles. The van der Waals surface area contributed by atoms with E-state index in [-0.39, 0.29) is 43.7 Å². The minimum absolute atomic E-state index is 0. The predicted molar refractivity (Wildman–Crippen MR) is 78.7 cm³/mol. The normalized spacial score (nSPS) is 28.5. The number of nitrogens with two attached hydrogens (primary N) is 1. The summed E-state index contributed by atoms with van der Waals surface area (Å²) in [5.41, 5.74) is 5.15. The molecule has 1 saturated heterocycles. The maximum absolute atomic E-state index is 12.6. The molecule has 1 saturated carbocycles. The van der Waals surface area contributed by atoms with Crippen molar-refractivity contribution in [1.29, 1.82) is 0 Å². The van der Waals surface area contributed by atoms with Crippen molar-refractivity contribution in [2.45, 2.75) is 50.7 Å². The zero-order valence-corrected chi connectivity index (χ0v) is 13.3. The molecular weight excluding hydrogens is 321 g/mol. The third-order valence-corrected chi connectivity index (χ3v) is 4.85. The first-order valence-electron chi connectivity index (χ1n) is 7.53. The molecule has 0 aromatic heterocycles. The summed E-state index contributed by atoms with van der Waals surface area (Å²) in [4.78, 5) is 12.4. The molecule has 3 N–H and O–H groups in total. The van der Waals surface area contributed by atoms with Crippen LogP contribution in [0.3, 0.4) is 0 Å². The zero-order valence-electron chi connectivity index (χ0n) is 12.5. The van der Waals surface area contributed by atoms with Gasteiger partial charge in [0.2, 0.25) is 5.91 Å². The van der Waals surface area contributed by atoms with Crippen LogP contribution in [0.4, 0.5) is 13.2 Å². The highest BCUT2D eigenvalue weighted by Crippen LogP contribution is 2.38. The van der Waals surface area contributed by atoms with Crippen LogP contribution in [-0.4, -0.2) is 37.9 Å². The van der Waals surface area contributed by atoms with Crippen LogP contribution in [0, 0.1) is 11.3 Å². The molecule has 130 valence electrons. The molecule has 0 radical (unpaired) electrons. The number of ether oxygens (including phenoxy) is 1. The Bertz CT molecular complexity index is 366. The highest BCUT2D eigenvalue weighted by Gasteiger charge is 2.43. The zero-order chi connectivity index (χ0) is 15.5. The van der Waals surface area contributed by atoms with Gasteiger partial charge in [-0.2, -0.15) is 13.2 Å². The first-order valence-corrected chi connectivity index (χ1v) is 7.53. The summed E-state index contributed by atoms with van der Waals surface area (Å²) in [5.74, 6) is -1.35. The molecule has 0 bridgehead atoms. The highest BCUT2D eigenvalue weighted by molar-refractivity contribution is 5.85. The highest BCUT2D eigenvalue weighted by atomic mass is 35.5. The molecule has 22 heavy (non-hydrogen) atoms. The van der Waals surface area contributed by atoms with Crippen molar-refractivity contribution in [1.82, 2.24) is 5.32 Å². The molecule has 0 spiro atoms. The molecule has 2 fully saturated rings. The van der Waals surface area contributed by atoms with Crippen molar-refractivity contribution in [3.63, 3.8) is 0 Å². The molecule has 1 heterocycles. The van der Waals surface area contributed by atoms with Crippen molar-refractivity contribution < 1.29 is 22.7 Å². The Balaban J connectivity index is 0.00000242. The second kappa shape index (κ2) is 7.84. The van der Waals surface area contributed by atoms with Crippen LogP contribution in [-0.2, 0) is 9.53 Å². The number of amides is 1. The number of hydrogen-bond donors (Lipinski definition) is 2. The monoisotopic (exact) mass is 344 g/mol. The number of carbonyl (C=O) groups is 1. The van der Waals surface area contributed by atoms with Gasteiger partial charge in [-0.15, -0.1) is 12.4 Å². The van der Waals surface area contributed by atoms with Crippen molar-refractivity contribution in [3.8, 4) is 0 Å². The van der Waals surface area contributed by atoms with Crippen LogP contribution in [0.15, 0.2) is 0 Å². The number of alkyl halides is 3. The van der Waals surface area contributed by atoms with Crippen LogP contribution in [0.1, 0.15) is 38.5 Å². The SMILES string of the molecule is Cl.NCC1(C(=O)NC2CCC(C(F)(F)F)CC2)CCOCC1. The van der Waals surface area contributed by atoms with E-state index in [9.17, 15) is 18.0 Å². The van der Waals surface area contributed by atoms with Gasteiger partial charge in [-0.1, -0.05) is 0 Å². The van der Waals surface area contributed by atoms with E-state index in [2.05, 4.69) is 5.32 Å². The van der Waals surface area contributed by atoms with Crippen LogP contribution in [0.25, 0.3) is 0 Å².